The van der Waals surface area contributed by atoms with E-state index < -0.39 is 10.0 Å². The quantitative estimate of drug-likeness (QED) is 0.269. The van der Waals surface area contributed by atoms with Crippen molar-refractivity contribution in [2.75, 3.05) is 52.6 Å². The molecular weight excluding hydrogens is 447 g/mol. The van der Waals surface area contributed by atoms with Gasteiger partial charge in [0.1, 0.15) is 0 Å². The molecule has 8 nitrogen and oxygen atoms in total. The van der Waals surface area contributed by atoms with Gasteiger partial charge in [0, 0.05) is 39.8 Å². The summed E-state index contributed by atoms with van der Waals surface area (Å²) in [5.41, 5.74) is 0. The number of ether oxygens (including phenoxy) is 1. The molecule has 0 aromatic heterocycles. The lowest BCUT2D eigenvalue weighted by Gasteiger charge is -2.33. The topological polar surface area (TPSA) is 91.3 Å². The monoisotopic (exact) mass is 474 g/mol. The van der Waals surface area contributed by atoms with E-state index in [2.05, 4.69) is 15.2 Å². The minimum atomic E-state index is -3.05. The standard InChI is InChI=1S/C14H26N4O4S.HI/c1-15-14(16-6-10-18-7-3-11-23(18,20)21)17-8-4-12(5-9-17)13(19)22-2;/h12H,3-11H2,1-2H3,(H,15,16);1H. The molecule has 0 aromatic carbocycles. The molecule has 2 aliphatic rings. The third kappa shape index (κ3) is 5.45. The Morgan fingerprint density at radius 2 is 1.96 bits per heavy atom. The number of rotatable bonds is 4. The molecule has 2 saturated heterocycles. The van der Waals surface area contributed by atoms with Crippen LogP contribution in [0, 0.1) is 5.92 Å². The van der Waals surface area contributed by atoms with Gasteiger partial charge in [0.25, 0.3) is 0 Å². The smallest absolute Gasteiger partial charge is 0.308 e. The molecule has 24 heavy (non-hydrogen) atoms. The van der Waals surface area contributed by atoms with Crippen LogP contribution in [0.3, 0.4) is 0 Å². The summed E-state index contributed by atoms with van der Waals surface area (Å²) in [6.07, 6.45) is 2.19. The average molecular weight is 474 g/mol. The van der Waals surface area contributed by atoms with Crippen molar-refractivity contribution in [3.63, 3.8) is 0 Å². The molecule has 2 aliphatic heterocycles. The van der Waals surface area contributed by atoms with Gasteiger partial charge in [-0.15, -0.1) is 24.0 Å². The van der Waals surface area contributed by atoms with Crippen molar-refractivity contribution >= 4 is 45.9 Å². The Morgan fingerprint density at radius 3 is 2.46 bits per heavy atom. The number of hydrogen-bond acceptors (Lipinski definition) is 5. The van der Waals surface area contributed by atoms with Gasteiger partial charge in [-0.2, -0.15) is 0 Å². The number of nitrogens with one attached hydrogen (secondary N) is 1. The molecule has 10 heteroatoms. The number of sulfonamides is 1. The molecule has 0 bridgehead atoms. The predicted octanol–water partition coefficient (Wildman–Crippen LogP) is 0.100. The van der Waals surface area contributed by atoms with Gasteiger partial charge in [-0.3, -0.25) is 9.79 Å². The third-order valence-electron chi connectivity index (χ3n) is 4.39. The number of nitrogens with zero attached hydrogens (tertiary/aromatic N) is 3. The SMILES string of the molecule is CN=C(NCCN1CCCS1(=O)=O)N1CCC(C(=O)OC)CC1.I. The zero-order valence-corrected chi connectivity index (χ0v) is 17.4. The molecule has 0 radical (unpaired) electrons. The molecule has 2 fully saturated rings. The average Bonchev–Trinajstić information content (AvgIpc) is 2.89. The van der Waals surface area contributed by atoms with E-state index in [4.69, 9.17) is 4.74 Å². The van der Waals surface area contributed by atoms with E-state index in [1.807, 2.05) is 0 Å². The van der Waals surface area contributed by atoms with Gasteiger partial charge < -0.3 is 15.0 Å². The minimum absolute atomic E-state index is 0. The number of guanidine groups is 1. The Balaban J connectivity index is 0.00000288. The van der Waals surface area contributed by atoms with Crippen molar-refractivity contribution in [1.82, 2.24) is 14.5 Å². The molecule has 2 rings (SSSR count). The lowest BCUT2D eigenvalue weighted by molar-refractivity contribution is -0.146. The predicted molar refractivity (Wildman–Crippen MR) is 103 cm³/mol. The van der Waals surface area contributed by atoms with Crippen molar-refractivity contribution in [3.05, 3.63) is 0 Å². The number of aliphatic imine (C=N–C) groups is 1. The second kappa shape index (κ2) is 9.76. The maximum absolute atomic E-state index is 11.8. The summed E-state index contributed by atoms with van der Waals surface area (Å²) in [5, 5.41) is 3.22. The number of piperidine rings is 1. The van der Waals surface area contributed by atoms with Gasteiger partial charge in [-0.25, -0.2) is 12.7 Å². The van der Waals surface area contributed by atoms with Crippen LogP contribution in [0.15, 0.2) is 4.99 Å². The van der Waals surface area contributed by atoms with Crippen LogP contribution in [0.2, 0.25) is 0 Å². The highest BCUT2D eigenvalue weighted by Gasteiger charge is 2.29. The molecule has 140 valence electrons. The van der Waals surface area contributed by atoms with Gasteiger partial charge in [-0.05, 0) is 19.3 Å². The van der Waals surface area contributed by atoms with Crippen LogP contribution in [0.5, 0.6) is 0 Å². The largest absolute Gasteiger partial charge is 0.469 e. The van der Waals surface area contributed by atoms with Crippen LogP contribution in [0.4, 0.5) is 0 Å². The van der Waals surface area contributed by atoms with Gasteiger partial charge in [0.2, 0.25) is 10.0 Å². The first-order valence-electron chi connectivity index (χ1n) is 7.99. The van der Waals surface area contributed by atoms with Crippen LogP contribution >= 0.6 is 24.0 Å². The number of methoxy groups -OCH3 is 1. The summed E-state index contributed by atoms with van der Waals surface area (Å²) in [5.74, 6) is 0.823. The molecule has 0 amide bonds. The van der Waals surface area contributed by atoms with Crippen LogP contribution in [-0.2, 0) is 19.6 Å². The van der Waals surface area contributed by atoms with Crippen LogP contribution < -0.4 is 5.32 Å². The summed E-state index contributed by atoms with van der Waals surface area (Å²) in [6, 6.07) is 0. The van der Waals surface area contributed by atoms with E-state index >= 15 is 0 Å². The number of carbonyl (C=O) groups excluding carboxylic acids is 1. The lowest BCUT2D eigenvalue weighted by atomic mass is 9.97. The van der Waals surface area contributed by atoms with E-state index in [9.17, 15) is 13.2 Å². The highest BCUT2D eigenvalue weighted by Crippen LogP contribution is 2.18. The van der Waals surface area contributed by atoms with E-state index in [0.29, 0.717) is 26.1 Å². The molecule has 0 atom stereocenters. The van der Waals surface area contributed by atoms with Crippen molar-refractivity contribution < 1.29 is 17.9 Å². The van der Waals surface area contributed by atoms with Gasteiger partial charge in [0.15, 0.2) is 5.96 Å². The molecule has 1 N–H and O–H groups in total. The van der Waals surface area contributed by atoms with E-state index in [-0.39, 0.29) is 41.6 Å². The fourth-order valence-corrected chi connectivity index (χ4v) is 4.59. The first-order valence-corrected chi connectivity index (χ1v) is 9.60. The summed E-state index contributed by atoms with van der Waals surface area (Å²) < 4.78 is 29.8. The highest BCUT2D eigenvalue weighted by atomic mass is 127. The minimum Gasteiger partial charge on any atom is -0.469 e. The lowest BCUT2D eigenvalue weighted by Crippen LogP contribution is -2.48. The van der Waals surface area contributed by atoms with Crippen molar-refractivity contribution in [2.24, 2.45) is 10.9 Å². The van der Waals surface area contributed by atoms with Gasteiger partial charge in [-0.1, -0.05) is 0 Å². The summed E-state index contributed by atoms with van der Waals surface area (Å²) >= 11 is 0. The second-order valence-electron chi connectivity index (χ2n) is 5.83. The fraction of sp³-hybridized carbons (Fsp3) is 0.857. The Hall–Kier alpha value is -0.620. The zero-order chi connectivity index (χ0) is 16.9. The first kappa shape index (κ1) is 21.4. The molecule has 0 saturated carbocycles. The molecular formula is C14H27IN4O4S. The third-order valence-corrected chi connectivity index (χ3v) is 6.34. The van der Waals surface area contributed by atoms with E-state index in [1.54, 1.807) is 7.05 Å². The number of esters is 1. The Morgan fingerprint density at radius 1 is 1.29 bits per heavy atom. The zero-order valence-electron chi connectivity index (χ0n) is 14.2. The van der Waals surface area contributed by atoms with Crippen molar-refractivity contribution in [3.8, 4) is 0 Å². The Labute approximate surface area is 161 Å². The van der Waals surface area contributed by atoms with Gasteiger partial charge >= 0.3 is 5.97 Å². The number of halogens is 1. The number of carbonyl (C=O) groups is 1. The Kier molecular flexibility index (Phi) is 8.71. The molecule has 0 aliphatic carbocycles. The maximum Gasteiger partial charge on any atom is 0.308 e. The maximum atomic E-state index is 11.8. The summed E-state index contributed by atoms with van der Waals surface area (Å²) in [4.78, 5) is 17.9. The number of hydrogen-bond donors (Lipinski definition) is 1. The molecule has 0 unspecified atom stereocenters. The van der Waals surface area contributed by atoms with Gasteiger partial charge in [0.05, 0.1) is 18.8 Å². The summed E-state index contributed by atoms with van der Waals surface area (Å²) in [6.45, 7) is 3.07. The van der Waals surface area contributed by atoms with E-state index in [1.165, 1.54) is 11.4 Å². The Bertz CT molecular complexity index is 547. The normalized spacial score (nSPS) is 22.1. The number of likely N-dealkylation sites (tertiary alicyclic amines) is 1. The molecule has 0 spiro atoms. The van der Waals surface area contributed by atoms with Crippen LogP contribution in [0.1, 0.15) is 19.3 Å². The molecule has 0 aromatic rings. The van der Waals surface area contributed by atoms with Crippen LogP contribution in [0.25, 0.3) is 0 Å². The highest BCUT2D eigenvalue weighted by molar-refractivity contribution is 14.0. The molecule has 2 heterocycles. The summed E-state index contributed by atoms with van der Waals surface area (Å²) in [7, 11) is 0.0800. The fourth-order valence-electron chi connectivity index (χ4n) is 3.06. The van der Waals surface area contributed by atoms with Crippen molar-refractivity contribution in [2.45, 2.75) is 19.3 Å². The van der Waals surface area contributed by atoms with E-state index in [0.717, 1.165) is 31.9 Å². The first-order chi connectivity index (χ1) is 11.0. The second-order valence-corrected chi connectivity index (χ2v) is 7.92. The van der Waals surface area contributed by atoms with Crippen molar-refractivity contribution in [1.29, 1.82) is 0 Å². The van der Waals surface area contributed by atoms with Crippen LogP contribution in [-0.4, -0.2) is 82.2 Å².